The number of hydrogen-bond donors (Lipinski definition) is 5. The average molecular weight is 523 g/mol. The van der Waals surface area contributed by atoms with E-state index >= 15 is 0 Å². The van der Waals surface area contributed by atoms with Crippen molar-refractivity contribution in [1.29, 1.82) is 5.26 Å². The van der Waals surface area contributed by atoms with Gasteiger partial charge in [-0.2, -0.15) is 10.2 Å². The standard InChI is InChI=1S/C28H38N6O2S/c1-37-24-5-3-2-4-19(24)14-31-27-32-15-22(13-29)26(34-27)33-17-28-10-18-8-20(11-28)25(21(9-18)12-28)30-7-6-23(36)16-35/h2-5,15,18,20-21,23,25,30,35-36H,6-12,14,16-17H2,1H3,(H2,31,32,33,34)/t18?,20-,21+,23-,25?,28?/m0/s1. The normalized spacial score (nSPS) is 28.6. The molecule has 198 valence electrons. The molecular formula is C28H38N6O2S. The second-order valence-electron chi connectivity index (χ2n) is 11.2. The van der Waals surface area contributed by atoms with Gasteiger partial charge in [-0.3, -0.25) is 0 Å². The molecule has 6 rings (SSSR count). The van der Waals surface area contributed by atoms with Gasteiger partial charge in [0.2, 0.25) is 5.95 Å². The van der Waals surface area contributed by atoms with E-state index in [1.165, 1.54) is 42.6 Å². The lowest BCUT2D eigenvalue weighted by molar-refractivity contribution is -0.0699. The van der Waals surface area contributed by atoms with Crippen LogP contribution in [-0.4, -0.2) is 58.3 Å². The van der Waals surface area contributed by atoms with Crippen molar-refractivity contribution in [2.45, 2.75) is 62.1 Å². The van der Waals surface area contributed by atoms with Gasteiger partial charge in [0.05, 0.1) is 18.9 Å². The second-order valence-corrected chi connectivity index (χ2v) is 12.0. The summed E-state index contributed by atoms with van der Waals surface area (Å²) < 4.78 is 0. The van der Waals surface area contributed by atoms with Crippen LogP contribution in [0.4, 0.5) is 11.8 Å². The first-order valence-corrected chi connectivity index (χ1v) is 14.6. The van der Waals surface area contributed by atoms with Crippen LogP contribution in [0.2, 0.25) is 0 Å². The van der Waals surface area contributed by atoms with E-state index in [1.54, 1.807) is 18.0 Å². The number of aromatic nitrogens is 2. The lowest BCUT2D eigenvalue weighted by Gasteiger charge is -2.60. The maximum atomic E-state index is 9.70. The Morgan fingerprint density at radius 3 is 2.70 bits per heavy atom. The molecule has 4 fully saturated rings. The topological polar surface area (TPSA) is 126 Å². The largest absolute Gasteiger partial charge is 0.394 e. The van der Waals surface area contributed by atoms with E-state index in [0.29, 0.717) is 48.2 Å². The average Bonchev–Trinajstić information content (AvgIpc) is 2.92. The van der Waals surface area contributed by atoms with Crippen LogP contribution in [0.25, 0.3) is 0 Å². The molecule has 1 heterocycles. The number of nitriles is 1. The number of benzene rings is 1. The summed E-state index contributed by atoms with van der Waals surface area (Å²) >= 11 is 1.72. The van der Waals surface area contributed by atoms with Crippen LogP contribution in [0.1, 0.15) is 49.7 Å². The summed E-state index contributed by atoms with van der Waals surface area (Å²) in [6.07, 6.45) is 9.79. The summed E-state index contributed by atoms with van der Waals surface area (Å²) in [5, 5.41) is 39.1. The summed E-state index contributed by atoms with van der Waals surface area (Å²) in [4.78, 5) is 10.3. The zero-order chi connectivity index (χ0) is 25.8. The lowest BCUT2D eigenvalue weighted by atomic mass is 9.48. The Bertz CT molecular complexity index is 1110. The Kier molecular flexibility index (Phi) is 8.20. The first kappa shape index (κ1) is 26.2. The van der Waals surface area contributed by atoms with E-state index in [1.807, 2.05) is 12.1 Å². The van der Waals surface area contributed by atoms with Crippen molar-refractivity contribution in [3.63, 3.8) is 0 Å². The highest BCUT2D eigenvalue weighted by Crippen LogP contribution is 2.60. The lowest BCUT2D eigenvalue weighted by Crippen LogP contribution is -2.59. The smallest absolute Gasteiger partial charge is 0.224 e. The fraction of sp³-hybridized carbons (Fsp3) is 0.607. The van der Waals surface area contributed by atoms with Crippen molar-refractivity contribution in [2.24, 2.45) is 23.2 Å². The van der Waals surface area contributed by atoms with E-state index in [-0.39, 0.29) is 12.0 Å². The van der Waals surface area contributed by atoms with Crippen LogP contribution in [-0.2, 0) is 6.54 Å². The summed E-state index contributed by atoms with van der Waals surface area (Å²) in [6.45, 7) is 2.03. The van der Waals surface area contributed by atoms with Crippen molar-refractivity contribution < 1.29 is 10.2 Å². The molecule has 0 aliphatic heterocycles. The monoisotopic (exact) mass is 522 g/mol. The van der Waals surface area contributed by atoms with Gasteiger partial charge in [-0.1, -0.05) is 18.2 Å². The molecule has 2 aromatic rings. The minimum Gasteiger partial charge on any atom is -0.394 e. The summed E-state index contributed by atoms with van der Waals surface area (Å²) in [5.41, 5.74) is 1.91. The number of hydrogen-bond acceptors (Lipinski definition) is 9. The van der Waals surface area contributed by atoms with Gasteiger partial charge in [-0.15, -0.1) is 11.8 Å². The summed E-state index contributed by atoms with van der Waals surface area (Å²) in [5.74, 6) is 3.21. The van der Waals surface area contributed by atoms with Crippen molar-refractivity contribution in [2.75, 3.05) is 36.6 Å². The number of anilines is 2. The highest BCUT2D eigenvalue weighted by Gasteiger charge is 2.55. The first-order chi connectivity index (χ1) is 18.0. The second kappa shape index (κ2) is 11.6. The van der Waals surface area contributed by atoms with Gasteiger partial charge < -0.3 is 26.2 Å². The van der Waals surface area contributed by atoms with E-state index in [4.69, 9.17) is 10.1 Å². The molecule has 4 aliphatic carbocycles. The van der Waals surface area contributed by atoms with E-state index < -0.39 is 6.10 Å². The van der Waals surface area contributed by atoms with Gasteiger partial charge in [0.15, 0.2) is 0 Å². The van der Waals surface area contributed by atoms with Crippen LogP contribution >= 0.6 is 11.8 Å². The molecule has 6 atom stereocenters. The highest BCUT2D eigenvalue weighted by atomic mass is 32.2. The molecule has 8 nitrogen and oxygen atoms in total. The number of aliphatic hydroxyl groups is 2. The predicted molar refractivity (Wildman–Crippen MR) is 146 cm³/mol. The van der Waals surface area contributed by atoms with Gasteiger partial charge >= 0.3 is 0 Å². The fourth-order valence-electron chi connectivity index (χ4n) is 7.23. The number of rotatable bonds is 12. The molecule has 5 N–H and O–H groups in total. The molecule has 3 unspecified atom stereocenters. The Hall–Kier alpha value is -2.38. The quantitative estimate of drug-likeness (QED) is 0.266. The minimum atomic E-state index is -0.637. The Labute approximate surface area is 223 Å². The van der Waals surface area contributed by atoms with Gasteiger partial charge in [0, 0.05) is 24.0 Å². The molecule has 37 heavy (non-hydrogen) atoms. The predicted octanol–water partition coefficient (Wildman–Crippen LogP) is 3.62. The summed E-state index contributed by atoms with van der Waals surface area (Å²) in [6, 6.07) is 11.0. The Morgan fingerprint density at radius 1 is 1.19 bits per heavy atom. The molecule has 0 radical (unpaired) electrons. The van der Waals surface area contributed by atoms with E-state index in [9.17, 15) is 10.4 Å². The first-order valence-electron chi connectivity index (χ1n) is 13.4. The summed E-state index contributed by atoms with van der Waals surface area (Å²) in [7, 11) is 0. The maximum Gasteiger partial charge on any atom is 0.224 e. The Morgan fingerprint density at radius 2 is 1.97 bits per heavy atom. The molecule has 1 aromatic heterocycles. The number of nitrogens with zero attached hydrogens (tertiary/aromatic N) is 3. The molecule has 4 bridgehead atoms. The van der Waals surface area contributed by atoms with Crippen molar-refractivity contribution in [3.8, 4) is 6.07 Å². The van der Waals surface area contributed by atoms with Crippen molar-refractivity contribution >= 4 is 23.5 Å². The SMILES string of the molecule is CSc1ccccc1CNc1ncc(C#N)c(NCC23CC4C[C@H](C2)C(NCC[C@H](O)CO)[C@@H](C4)C3)n1. The molecular weight excluding hydrogens is 484 g/mol. The molecule has 4 aliphatic rings. The molecule has 4 saturated carbocycles. The third kappa shape index (κ3) is 5.88. The third-order valence-corrected chi connectivity index (χ3v) is 9.48. The van der Waals surface area contributed by atoms with Gasteiger partial charge in [0.1, 0.15) is 17.5 Å². The number of aliphatic hydroxyl groups excluding tert-OH is 2. The van der Waals surface area contributed by atoms with Crippen LogP contribution < -0.4 is 16.0 Å². The molecule has 0 saturated heterocycles. The van der Waals surface area contributed by atoms with E-state index in [2.05, 4.69) is 45.4 Å². The van der Waals surface area contributed by atoms with Crippen LogP contribution in [0.3, 0.4) is 0 Å². The molecule has 1 aromatic carbocycles. The van der Waals surface area contributed by atoms with Crippen LogP contribution in [0, 0.1) is 34.5 Å². The third-order valence-electron chi connectivity index (χ3n) is 8.64. The number of thioether (sulfide) groups is 1. The molecule has 0 amide bonds. The minimum absolute atomic E-state index is 0.174. The molecule has 9 heteroatoms. The Balaban J connectivity index is 1.22. The van der Waals surface area contributed by atoms with Crippen molar-refractivity contribution in [1.82, 2.24) is 15.3 Å². The molecule has 0 spiro atoms. The van der Waals surface area contributed by atoms with Crippen molar-refractivity contribution in [3.05, 3.63) is 41.6 Å². The van der Waals surface area contributed by atoms with Gasteiger partial charge in [0.25, 0.3) is 0 Å². The number of nitrogens with one attached hydrogen (secondary N) is 3. The van der Waals surface area contributed by atoms with Crippen LogP contribution in [0.5, 0.6) is 0 Å². The zero-order valence-corrected chi connectivity index (χ0v) is 22.3. The van der Waals surface area contributed by atoms with Gasteiger partial charge in [-0.25, -0.2) is 4.98 Å². The highest BCUT2D eigenvalue weighted by molar-refractivity contribution is 7.98. The van der Waals surface area contributed by atoms with E-state index in [0.717, 1.165) is 19.0 Å². The maximum absolute atomic E-state index is 9.70. The van der Waals surface area contributed by atoms with Crippen LogP contribution in [0.15, 0.2) is 35.4 Å². The fourth-order valence-corrected chi connectivity index (χ4v) is 7.85. The zero-order valence-electron chi connectivity index (χ0n) is 21.5. The van der Waals surface area contributed by atoms with Gasteiger partial charge in [-0.05, 0) is 86.1 Å².